The summed E-state index contributed by atoms with van der Waals surface area (Å²) in [4.78, 5) is 0. The highest BCUT2D eigenvalue weighted by Crippen LogP contribution is 2.39. The lowest BCUT2D eigenvalue weighted by atomic mass is 9.75. The summed E-state index contributed by atoms with van der Waals surface area (Å²) in [5.41, 5.74) is -1.38. The molecule has 2 N–H and O–H groups in total. The van der Waals surface area contributed by atoms with Crippen LogP contribution in [0.4, 0.5) is 10.4 Å². The number of rotatable bonds is 3. The van der Waals surface area contributed by atoms with Gasteiger partial charge in [0.2, 0.25) is 5.89 Å². The lowest BCUT2D eigenvalue weighted by Crippen LogP contribution is -2.51. The van der Waals surface area contributed by atoms with Crippen molar-refractivity contribution < 1.29 is 13.9 Å². The van der Waals surface area contributed by atoms with Crippen molar-refractivity contribution in [2.24, 2.45) is 0 Å². The Kier molecular flexibility index (Phi) is 2.22. The van der Waals surface area contributed by atoms with Crippen LogP contribution < -0.4 is 5.32 Å². The fourth-order valence-corrected chi connectivity index (χ4v) is 1.61. The van der Waals surface area contributed by atoms with E-state index < -0.39 is 11.4 Å². The van der Waals surface area contributed by atoms with Gasteiger partial charge in [-0.25, -0.2) is 4.39 Å². The van der Waals surface area contributed by atoms with Crippen LogP contribution in [-0.2, 0) is 0 Å². The number of aliphatic hydroxyl groups is 1. The predicted octanol–water partition coefficient (Wildman–Crippen LogP) is 1.17. The molecular weight excluding hydrogens is 201 g/mol. The van der Waals surface area contributed by atoms with Gasteiger partial charge in [0, 0.05) is 25.8 Å². The first kappa shape index (κ1) is 10.1. The van der Waals surface area contributed by atoms with E-state index in [9.17, 15) is 9.50 Å². The molecule has 1 fully saturated rings. The number of halogens is 1. The third kappa shape index (κ3) is 1.85. The summed E-state index contributed by atoms with van der Waals surface area (Å²) in [7, 11) is 0. The van der Waals surface area contributed by atoms with Gasteiger partial charge in [0.1, 0.15) is 11.4 Å². The highest BCUT2D eigenvalue weighted by molar-refractivity contribution is 5.26. The molecule has 1 aliphatic rings. The van der Waals surface area contributed by atoms with E-state index in [-0.39, 0.29) is 18.9 Å². The fraction of sp³-hybridized carbons (Fsp3) is 0.556. The van der Waals surface area contributed by atoms with E-state index in [2.05, 4.69) is 22.1 Å². The molecule has 0 radical (unpaired) electrons. The Bertz CT molecular complexity index is 384. The molecule has 0 unspecified atom stereocenters. The second kappa shape index (κ2) is 3.30. The van der Waals surface area contributed by atoms with Gasteiger partial charge in [-0.15, -0.1) is 5.10 Å². The van der Waals surface area contributed by atoms with Crippen molar-refractivity contribution in [3.8, 4) is 0 Å². The van der Waals surface area contributed by atoms with E-state index in [1.807, 2.05) is 0 Å². The maximum Gasteiger partial charge on any atom is 0.315 e. The molecule has 1 saturated carbocycles. The third-order valence-electron chi connectivity index (χ3n) is 2.53. The average molecular weight is 213 g/mol. The Balaban J connectivity index is 1.88. The minimum atomic E-state index is -1.38. The van der Waals surface area contributed by atoms with Crippen LogP contribution in [0.1, 0.15) is 18.7 Å². The smallest absolute Gasteiger partial charge is 0.315 e. The third-order valence-corrected chi connectivity index (χ3v) is 2.53. The largest absolute Gasteiger partial charge is 0.408 e. The number of nitrogens with zero attached hydrogens (tertiary/aromatic N) is 2. The molecule has 5 nitrogen and oxygen atoms in total. The zero-order valence-electron chi connectivity index (χ0n) is 8.33. The van der Waals surface area contributed by atoms with Crippen LogP contribution in [0.25, 0.3) is 0 Å². The van der Waals surface area contributed by atoms with Crippen LogP contribution in [0.2, 0.25) is 0 Å². The summed E-state index contributed by atoms with van der Waals surface area (Å²) in [6.45, 7) is 4.78. The second-order valence-corrected chi connectivity index (χ2v) is 3.81. The molecule has 82 valence electrons. The molecule has 0 bridgehead atoms. The number of anilines is 1. The minimum Gasteiger partial charge on any atom is -0.408 e. The standard InChI is InChI=1S/C9H12FN3O2/c1-5(10)9(14)3-7(4-9)11-8-13-12-6(2)15-8/h7,14H,1,3-4H2,2H3,(H,11,13). The van der Waals surface area contributed by atoms with Gasteiger partial charge >= 0.3 is 6.01 Å². The molecule has 15 heavy (non-hydrogen) atoms. The molecule has 2 rings (SSSR count). The molecule has 1 heterocycles. The number of nitrogens with one attached hydrogen (secondary N) is 1. The normalized spacial score (nSPS) is 29.7. The molecule has 0 aliphatic heterocycles. The maximum absolute atomic E-state index is 12.7. The zero-order valence-corrected chi connectivity index (χ0v) is 8.33. The van der Waals surface area contributed by atoms with Crippen molar-refractivity contribution in [3.05, 3.63) is 18.3 Å². The number of hydrogen-bond acceptors (Lipinski definition) is 5. The first-order valence-electron chi connectivity index (χ1n) is 4.63. The molecule has 0 atom stereocenters. The van der Waals surface area contributed by atoms with E-state index in [0.29, 0.717) is 11.9 Å². The summed E-state index contributed by atoms with van der Waals surface area (Å²) in [5, 5.41) is 19.8. The van der Waals surface area contributed by atoms with Crippen molar-refractivity contribution in [2.75, 3.05) is 5.32 Å². The monoisotopic (exact) mass is 213 g/mol. The number of aryl methyl sites for hydroxylation is 1. The Morgan fingerprint density at radius 3 is 2.80 bits per heavy atom. The van der Waals surface area contributed by atoms with Crippen molar-refractivity contribution in [1.29, 1.82) is 0 Å². The summed E-state index contributed by atoms with van der Waals surface area (Å²) in [5.74, 6) is -0.232. The van der Waals surface area contributed by atoms with E-state index in [1.165, 1.54) is 0 Å². The van der Waals surface area contributed by atoms with Crippen molar-refractivity contribution in [1.82, 2.24) is 10.2 Å². The summed E-state index contributed by atoms with van der Waals surface area (Å²) in [6.07, 6.45) is 0.535. The first-order chi connectivity index (χ1) is 6.99. The van der Waals surface area contributed by atoms with Gasteiger partial charge in [-0.2, -0.15) is 0 Å². The summed E-state index contributed by atoms with van der Waals surface area (Å²) < 4.78 is 17.8. The van der Waals surface area contributed by atoms with Crippen LogP contribution in [0, 0.1) is 6.92 Å². The van der Waals surface area contributed by atoms with Gasteiger partial charge in [-0.1, -0.05) is 11.7 Å². The molecule has 1 aromatic heterocycles. The van der Waals surface area contributed by atoms with Crippen LogP contribution in [0.3, 0.4) is 0 Å². The maximum atomic E-state index is 12.7. The molecule has 0 spiro atoms. The molecule has 1 aliphatic carbocycles. The van der Waals surface area contributed by atoms with Crippen LogP contribution in [-0.4, -0.2) is 26.9 Å². The highest BCUT2D eigenvalue weighted by Gasteiger charge is 2.46. The minimum absolute atomic E-state index is 0.0534. The Hall–Kier alpha value is -1.43. The molecule has 6 heteroatoms. The van der Waals surface area contributed by atoms with Gasteiger partial charge in [-0.05, 0) is 0 Å². The quantitative estimate of drug-likeness (QED) is 0.788. The van der Waals surface area contributed by atoms with Gasteiger partial charge in [0.15, 0.2) is 0 Å². The number of hydrogen-bond donors (Lipinski definition) is 2. The van der Waals surface area contributed by atoms with Crippen molar-refractivity contribution >= 4 is 6.01 Å². The van der Waals surface area contributed by atoms with Crippen LogP contribution >= 0.6 is 0 Å². The SMILES string of the molecule is C=C(F)C1(O)CC(Nc2nnc(C)o2)C1. The van der Waals surface area contributed by atoms with E-state index >= 15 is 0 Å². The first-order valence-corrected chi connectivity index (χ1v) is 4.63. The Morgan fingerprint density at radius 1 is 1.67 bits per heavy atom. The molecule has 0 saturated heterocycles. The highest BCUT2D eigenvalue weighted by atomic mass is 19.1. The second-order valence-electron chi connectivity index (χ2n) is 3.81. The Labute approximate surface area is 86.0 Å². The topological polar surface area (TPSA) is 71.2 Å². The molecular formula is C9H12FN3O2. The van der Waals surface area contributed by atoms with Gasteiger partial charge in [0.05, 0.1) is 0 Å². The average Bonchev–Trinajstić information content (AvgIpc) is 2.48. The lowest BCUT2D eigenvalue weighted by Gasteiger charge is -2.41. The fourth-order valence-electron chi connectivity index (χ4n) is 1.61. The molecule has 1 aromatic rings. The lowest BCUT2D eigenvalue weighted by molar-refractivity contribution is -0.0248. The van der Waals surface area contributed by atoms with Gasteiger partial charge < -0.3 is 14.8 Å². The Morgan fingerprint density at radius 2 is 2.33 bits per heavy atom. The molecule has 0 aromatic carbocycles. The number of aromatic nitrogens is 2. The van der Waals surface area contributed by atoms with E-state index in [0.717, 1.165) is 0 Å². The van der Waals surface area contributed by atoms with E-state index in [1.54, 1.807) is 6.92 Å². The zero-order chi connectivity index (χ0) is 11.1. The van der Waals surface area contributed by atoms with E-state index in [4.69, 9.17) is 4.42 Å². The van der Waals surface area contributed by atoms with Gasteiger partial charge in [-0.3, -0.25) is 0 Å². The van der Waals surface area contributed by atoms with Crippen molar-refractivity contribution in [3.63, 3.8) is 0 Å². The summed E-state index contributed by atoms with van der Waals surface area (Å²) >= 11 is 0. The van der Waals surface area contributed by atoms with Gasteiger partial charge in [0.25, 0.3) is 0 Å². The van der Waals surface area contributed by atoms with Crippen LogP contribution in [0.15, 0.2) is 16.8 Å². The van der Waals surface area contributed by atoms with Crippen LogP contribution in [0.5, 0.6) is 0 Å². The molecule has 0 amide bonds. The predicted molar refractivity (Wildman–Crippen MR) is 50.9 cm³/mol. The summed E-state index contributed by atoms with van der Waals surface area (Å²) in [6, 6.07) is 0.242. The van der Waals surface area contributed by atoms with Crippen molar-refractivity contribution in [2.45, 2.75) is 31.4 Å².